The second-order valence-electron chi connectivity index (χ2n) is 18.4. The van der Waals surface area contributed by atoms with E-state index in [1.54, 1.807) is 12.1 Å². The third-order valence-electron chi connectivity index (χ3n) is 15.7. The fourth-order valence-electron chi connectivity index (χ4n) is 13.5. The van der Waals surface area contributed by atoms with Crippen molar-refractivity contribution in [2.24, 2.45) is 11.3 Å². The van der Waals surface area contributed by atoms with Crippen LogP contribution in [0, 0.1) is 22.7 Å². The lowest BCUT2D eigenvalue weighted by Gasteiger charge is -2.63. The van der Waals surface area contributed by atoms with Crippen molar-refractivity contribution in [1.29, 1.82) is 5.26 Å². The summed E-state index contributed by atoms with van der Waals surface area (Å²) < 4.78 is 23.7. The van der Waals surface area contributed by atoms with Gasteiger partial charge in [0, 0.05) is 78.2 Å². The fraction of sp³-hybridized carbons (Fsp3) is 0.553. The van der Waals surface area contributed by atoms with Gasteiger partial charge in [0.25, 0.3) is 0 Å². The van der Waals surface area contributed by atoms with Gasteiger partial charge in [0.05, 0.1) is 50.3 Å². The number of nitriles is 1. The van der Waals surface area contributed by atoms with Crippen molar-refractivity contribution in [3.05, 3.63) is 70.4 Å². The number of aromatic nitrogens is 1. The summed E-state index contributed by atoms with van der Waals surface area (Å²) in [6.07, 6.45) is 5.45. The number of nitrogens with one attached hydrogen (secondary N) is 1. The topological polar surface area (TPSA) is 195 Å². The number of H-pyrrole nitrogens is 1. The Morgan fingerprint density at radius 3 is 2.44 bits per heavy atom. The van der Waals surface area contributed by atoms with E-state index in [9.17, 15) is 29.9 Å². The third-order valence-corrected chi connectivity index (χ3v) is 15.7. The molecular formula is C47H55N5O10. The summed E-state index contributed by atoms with van der Waals surface area (Å²) in [6.45, 7) is 7.87. The molecule has 328 valence electrons. The molecule has 9 rings (SSSR count). The number of rotatable bonds is 8. The Morgan fingerprint density at radius 1 is 1.00 bits per heavy atom. The van der Waals surface area contributed by atoms with E-state index in [2.05, 4.69) is 20.9 Å². The van der Waals surface area contributed by atoms with Gasteiger partial charge < -0.3 is 39.0 Å². The van der Waals surface area contributed by atoms with Crippen molar-refractivity contribution in [2.75, 3.05) is 59.0 Å². The highest BCUT2D eigenvalue weighted by molar-refractivity contribution is 5.97. The van der Waals surface area contributed by atoms with E-state index in [0.717, 1.165) is 23.6 Å². The molecule has 5 aliphatic heterocycles. The quantitative estimate of drug-likeness (QED) is 0.129. The molecule has 0 radical (unpaired) electrons. The van der Waals surface area contributed by atoms with Gasteiger partial charge in [-0.1, -0.05) is 26.0 Å². The molecule has 6 heterocycles. The van der Waals surface area contributed by atoms with Gasteiger partial charge in [-0.25, -0.2) is 4.79 Å². The van der Waals surface area contributed by atoms with Crippen LogP contribution in [-0.4, -0.2) is 133 Å². The van der Waals surface area contributed by atoms with E-state index in [1.165, 1.54) is 26.0 Å². The Hall–Kier alpha value is -5.27. The number of aliphatic hydroxyl groups is 2. The largest absolute Gasteiger partial charge is 0.496 e. The summed E-state index contributed by atoms with van der Waals surface area (Å²) in [5.74, 6) is -2.27. The highest BCUT2D eigenvalue weighted by Gasteiger charge is 2.81. The average Bonchev–Trinajstić information content (AvgIpc) is 3.95. The SMILES string of the molecule is CC[C@]1(O)C[C@H]2CN(CCc3c([nH]c4ccc(C#N)cc34)[C@@](C(=O)OC)(c3cc4c(cc3OC)N(C=O)[C@H]3[C@@](O)(C(=O)OC)[C@H](OC(C)=O)[C@]5(CC)C=CCN6CC[C@]43[C@@H]65)C2)C1. The minimum absolute atomic E-state index is 0.199. The van der Waals surface area contributed by atoms with Gasteiger partial charge in [-0.15, -0.1) is 0 Å². The van der Waals surface area contributed by atoms with Gasteiger partial charge >= 0.3 is 17.9 Å². The third kappa shape index (κ3) is 5.42. The normalized spacial score (nSPS) is 35.5. The smallest absolute Gasteiger partial charge is 0.344 e. The molecule has 1 saturated carbocycles. The number of ether oxygens (including phenoxy) is 4. The number of carbonyl (C=O) groups excluding carboxylic acids is 4. The Labute approximate surface area is 360 Å². The molecular weight excluding hydrogens is 795 g/mol. The number of anilines is 1. The Kier molecular flexibility index (Phi) is 9.94. The number of nitrogens with zero attached hydrogens (tertiary/aromatic N) is 4. The molecule has 3 fully saturated rings. The van der Waals surface area contributed by atoms with E-state index in [-0.39, 0.29) is 18.1 Å². The number of benzene rings is 2. The van der Waals surface area contributed by atoms with Crippen molar-refractivity contribution in [2.45, 2.75) is 99.5 Å². The first-order valence-corrected chi connectivity index (χ1v) is 21.6. The molecule has 10 atom stereocenters. The number of methoxy groups -OCH3 is 3. The molecule has 1 aliphatic carbocycles. The summed E-state index contributed by atoms with van der Waals surface area (Å²) in [6, 6.07) is 9.51. The highest BCUT2D eigenvalue weighted by atomic mass is 16.6. The van der Waals surface area contributed by atoms with Crippen LogP contribution < -0.4 is 9.64 Å². The molecule has 1 amide bonds. The maximum atomic E-state index is 15.4. The molecule has 2 bridgehead atoms. The molecule has 2 saturated heterocycles. The predicted molar refractivity (Wildman–Crippen MR) is 225 cm³/mol. The van der Waals surface area contributed by atoms with Crippen LogP contribution in [0.25, 0.3) is 10.9 Å². The molecule has 2 aromatic carbocycles. The summed E-state index contributed by atoms with van der Waals surface area (Å²) >= 11 is 0. The lowest BCUT2D eigenvalue weighted by molar-refractivity contribution is -0.228. The Morgan fingerprint density at radius 2 is 1.77 bits per heavy atom. The van der Waals surface area contributed by atoms with E-state index >= 15 is 4.79 Å². The van der Waals surface area contributed by atoms with Gasteiger partial charge in [0.2, 0.25) is 12.0 Å². The van der Waals surface area contributed by atoms with Crippen molar-refractivity contribution < 1.29 is 48.3 Å². The molecule has 15 nitrogen and oxygen atoms in total. The zero-order valence-electron chi connectivity index (χ0n) is 36.2. The summed E-state index contributed by atoms with van der Waals surface area (Å²) in [5, 5.41) is 36.1. The van der Waals surface area contributed by atoms with Crippen LogP contribution in [0.1, 0.15) is 80.8 Å². The van der Waals surface area contributed by atoms with Crippen LogP contribution in [0.5, 0.6) is 5.75 Å². The zero-order chi connectivity index (χ0) is 44.1. The maximum Gasteiger partial charge on any atom is 0.344 e. The Balaban J connectivity index is 1.39. The van der Waals surface area contributed by atoms with E-state index < -0.39 is 63.5 Å². The standard InChI is InChI=1S/C47H55N5O10/c1-7-43(57)21-29-22-46(41(55)60-5,37-30(12-16-50(24-29)25-43)31-18-28(23-48)10-11-34(31)49-37)33-19-32-35(20-36(33)59-4)52(26-53)39-45(32)14-17-51-15-9-13-44(8-2,38(45)51)40(62-27(3)54)47(39,58)42(56)61-6/h9-11,13,18-20,26,29,38-40,49,57-58H,7-8,12,14-17,21-22,24-25H2,1-6H3/t29-,38+,39-,40-,43+,44-,45-,46+,47+/m1/s1. The first-order valence-electron chi connectivity index (χ1n) is 21.6. The minimum Gasteiger partial charge on any atom is -0.496 e. The number of aromatic amines is 1. The highest BCUT2D eigenvalue weighted by Crippen LogP contribution is 2.68. The number of amides is 1. The fourth-order valence-corrected chi connectivity index (χ4v) is 13.5. The van der Waals surface area contributed by atoms with Crippen LogP contribution in [0.3, 0.4) is 0 Å². The molecule has 1 unspecified atom stereocenters. The van der Waals surface area contributed by atoms with Gasteiger partial charge in [0.15, 0.2) is 6.10 Å². The van der Waals surface area contributed by atoms with Crippen molar-refractivity contribution in [3.8, 4) is 11.8 Å². The predicted octanol–water partition coefficient (Wildman–Crippen LogP) is 3.39. The van der Waals surface area contributed by atoms with Gasteiger partial charge in [-0.05, 0) is 86.4 Å². The minimum atomic E-state index is -2.56. The first kappa shape index (κ1) is 42.1. The monoisotopic (exact) mass is 849 g/mol. The average molecular weight is 850 g/mol. The van der Waals surface area contributed by atoms with E-state index in [0.29, 0.717) is 99.3 Å². The number of piperidine rings is 1. The second kappa shape index (κ2) is 14.7. The summed E-state index contributed by atoms with van der Waals surface area (Å²) in [7, 11) is 4.01. The molecule has 3 aromatic rings. The van der Waals surface area contributed by atoms with Crippen LogP contribution in [0.15, 0.2) is 42.5 Å². The maximum absolute atomic E-state index is 15.4. The Bertz CT molecular complexity index is 2460. The second-order valence-corrected chi connectivity index (χ2v) is 18.4. The van der Waals surface area contributed by atoms with Crippen molar-refractivity contribution >= 4 is 40.9 Å². The molecule has 3 N–H and O–H groups in total. The van der Waals surface area contributed by atoms with Gasteiger partial charge in [0.1, 0.15) is 11.2 Å². The number of carbonyl (C=O) groups is 4. The molecule has 15 heteroatoms. The molecule has 1 aromatic heterocycles. The van der Waals surface area contributed by atoms with E-state index in [4.69, 9.17) is 18.9 Å². The van der Waals surface area contributed by atoms with Crippen molar-refractivity contribution in [1.82, 2.24) is 14.8 Å². The number of esters is 3. The molecule has 6 aliphatic rings. The van der Waals surface area contributed by atoms with Crippen LogP contribution >= 0.6 is 0 Å². The molecule has 1 spiro atoms. The first-order chi connectivity index (χ1) is 29.7. The zero-order valence-corrected chi connectivity index (χ0v) is 36.2. The van der Waals surface area contributed by atoms with Crippen LogP contribution in [-0.2, 0) is 50.6 Å². The number of hydrogen-bond acceptors (Lipinski definition) is 13. The lowest BCUT2D eigenvalue weighted by Crippen LogP contribution is -2.81. The van der Waals surface area contributed by atoms with Crippen LogP contribution in [0.2, 0.25) is 0 Å². The summed E-state index contributed by atoms with van der Waals surface area (Å²) in [4.78, 5) is 66.1. The lowest BCUT2D eigenvalue weighted by atomic mass is 9.47. The van der Waals surface area contributed by atoms with Gasteiger partial charge in [-0.2, -0.15) is 5.26 Å². The summed E-state index contributed by atoms with van der Waals surface area (Å²) in [5.41, 5.74) is -3.42. The number of fused-ring (bicyclic) bond motifs is 6. The van der Waals surface area contributed by atoms with E-state index in [1.807, 2.05) is 44.2 Å². The number of hydrogen-bond donors (Lipinski definition) is 3. The molecule has 62 heavy (non-hydrogen) atoms. The van der Waals surface area contributed by atoms with Gasteiger partial charge in [-0.3, -0.25) is 24.2 Å². The van der Waals surface area contributed by atoms with Crippen molar-refractivity contribution in [3.63, 3.8) is 0 Å². The van der Waals surface area contributed by atoms with Crippen LogP contribution in [0.4, 0.5) is 5.69 Å².